The Morgan fingerprint density at radius 1 is 1.20 bits per heavy atom. The van der Waals surface area contributed by atoms with Gasteiger partial charge in [-0.2, -0.15) is 0 Å². The number of hydrogen-bond donors (Lipinski definition) is 0. The molecule has 0 aromatic carbocycles. The number of nitrogens with zero attached hydrogens (tertiary/aromatic N) is 4. The van der Waals surface area contributed by atoms with E-state index >= 15 is 0 Å². The molecule has 0 radical (unpaired) electrons. The minimum Gasteiger partial charge on any atom is -0.481 e. The number of amides is 1. The monoisotopic (exact) mass is 344 g/mol. The fourth-order valence-electron chi connectivity index (χ4n) is 3.37. The number of imidazole rings is 1. The van der Waals surface area contributed by atoms with Crippen LogP contribution in [0.3, 0.4) is 0 Å². The molecule has 3 rings (SSSR count). The largest absolute Gasteiger partial charge is 0.481 e. The third-order valence-electron chi connectivity index (χ3n) is 4.64. The SMILES string of the molecule is COCc1ncc(C)n1C1CCN(C(=O)c2ccc(OC)nc2)CC1. The van der Waals surface area contributed by atoms with Crippen LogP contribution < -0.4 is 4.74 Å². The van der Waals surface area contributed by atoms with Gasteiger partial charge in [0.1, 0.15) is 12.4 Å². The highest BCUT2D eigenvalue weighted by atomic mass is 16.5. The molecule has 1 aliphatic rings. The smallest absolute Gasteiger partial charge is 0.255 e. The third kappa shape index (κ3) is 3.66. The van der Waals surface area contributed by atoms with E-state index in [1.54, 1.807) is 32.5 Å². The highest BCUT2D eigenvalue weighted by Gasteiger charge is 2.26. The molecule has 3 heterocycles. The van der Waals surface area contributed by atoms with E-state index in [0.717, 1.165) is 37.4 Å². The Kier molecular flexibility index (Phi) is 5.33. The van der Waals surface area contributed by atoms with Crippen molar-refractivity contribution in [2.45, 2.75) is 32.4 Å². The topological polar surface area (TPSA) is 69.5 Å². The first-order valence-corrected chi connectivity index (χ1v) is 8.45. The zero-order valence-electron chi connectivity index (χ0n) is 14.9. The second-order valence-electron chi connectivity index (χ2n) is 6.23. The molecule has 0 N–H and O–H groups in total. The quantitative estimate of drug-likeness (QED) is 0.832. The molecule has 7 heteroatoms. The fraction of sp³-hybridized carbons (Fsp3) is 0.500. The van der Waals surface area contributed by atoms with Crippen molar-refractivity contribution in [2.24, 2.45) is 0 Å². The number of rotatable bonds is 5. The summed E-state index contributed by atoms with van der Waals surface area (Å²) in [5, 5.41) is 0. The van der Waals surface area contributed by atoms with Gasteiger partial charge in [0.15, 0.2) is 0 Å². The Hall–Kier alpha value is -2.41. The number of carbonyl (C=O) groups excluding carboxylic acids is 1. The van der Waals surface area contributed by atoms with Crippen LogP contribution in [0.5, 0.6) is 5.88 Å². The van der Waals surface area contributed by atoms with Gasteiger partial charge in [0.2, 0.25) is 5.88 Å². The first-order valence-electron chi connectivity index (χ1n) is 8.45. The van der Waals surface area contributed by atoms with Crippen LogP contribution in [0.2, 0.25) is 0 Å². The number of likely N-dealkylation sites (tertiary alicyclic amines) is 1. The van der Waals surface area contributed by atoms with E-state index in [1.165, 1.54) is 0 Å². The molecule has 0 aliphatic carbocycles. The van der Waals surface area contributed by atoms with Gasteiger partial charge in [-0.3, -0.25) is 4.79 Å². The zero-order valence-corrected chi connectivity index (χ0v) is 14.9. The lowest BCUT2D eigenvalue weighted by atomic mass is 10.0. The molecule has 0 unspecified atom stereocenters. The Morgan fingerprint density at radius 3 is 2.56 bits per heavy atom. The summed E-state index contributed by atoms with van der Waals surface area (Å²) in [6.07, 6.45) is 5.27. The molecular weight excluding hydrogens is 320 g/mol. The van der Waals surface area contributed by atoms with Gasteiger partial charge >= 0.3 is 0 Å². The molecule has 0 atom stereocenters. The maximum absolute atomic E-state index is 12.6. The average molecular weight is 344 g/mol. The van der Waals surface area contributed by atoms with Gasteiger partial charge in [0, 0.05) is 50.4 Å². The highest BCUT2D eigenvalue weighted by Crippen LogP contribution is 2.26. The summed E-state index contributed by atoms with van der Waals surface area (Å²) >= 11 is 0. The molecule has 2 aromatic heterocycles. The van der Waals surface area contributed by atoms with Crippen LogP contribution in [-0.2, 0) is 11.3 Å². The van der Waals surface area contributed by atoms with Crippen molar-refractivity contribution in [1.29, 1.82) is 0 Å². The first-order chi connectivity index (χ1) is 12.1. The van der Waals surface area contributed by atoms with Crippen LogP contribution in [0.25, 0.3) is 0 Å². The molecule has 0 saturated carbocycles. The minimum atomic E-state index is 0.0214. The minimum absolute atomic E-state index is 0.0214. The fourth-order valence-corrected chi connectivity index (χ4v) is 3.37. The predicted octanol–water partition coefficient (Wildman–Crippen LogP) is 2.22. The van der Waals surface area contributed by atoms with Crippen molar-refractivity contribution in [2.75, 3.05) is 27.3 Å². The second-order valence-corrected chi connectivity index (χ2v) is 6.23. The molecular formula is C18H24N4O3. The van der Waals surface area contributed by atoms with Crippen LogP contribution in [0.15, 0.2) is 24.5 Å². The van der Waals surface area contributed by atoms with Crippen molar-refractivity contribution >= 4 is 5.91 Å². The van der Waals surface area contributed by atoms with Gasteiger partial charge in [-0.1, -0.05) is 0 Å². The predicted molar refractivity (Wildman–Crippen MR) is 92.6 cm³/mol. The van der Waals surface area contributed by atoms with Crippen molar-refractivity contribution in [1.82, 2.24) is 19.4 Å². The van der Waals surface area contributed by atoms with E-state index in [-0.39, 0.29) is 5.91 Å². The molecule has 0 bridgehead atoms. The summed E-state index contributed by atoms with van der Waals surface area (Å²) in [5.41, 5.74) is 1.73. The molecule has 2 aromatic rings. The Bertz CT molecular complexity index is 718. The van der Waals surface area contributed by atoms with Gasteiger partial charge in [-0.25, -0.2) is 9.97 Å². The molecule has 134 valence electrons. The molecule has 1 saturated heterocycles. The summed E-state index contributed by atoms with van der Waals surface area (Å²) < 4.78 is 12.5. The number of carbonyl (C=O) groups is 1. The van der Waals surface area contributed by atoms with Crippen molar-refractivity contribution in [3.63, 3.8) is 0 Å². The summed E-state index contributed by atoms with van der Waals surface area (Å²) in [5.74, 6) is 1.48. The third-order valence-corrected chi connectivity index (χ3v) is 4.64. The van der Waals surface area contributed by atoms with E-state index in [0.29, 0.717) is 24.1 Å². The van der Waals surface area contributed by atoms with E-state index < -0.39 is 0 Å². The van der Waals surface area contributed by atoms with Crippen LogP contribution in [0.4, 0.5) is 0 Å². The molecule has 1 amide bonds. The first kappa shape index (κ1) is 17.4. The molecule has 7 nitrogen and oxygen atoms in total. The van der Waals surface area contributed by atoms with Crippen molar-refractivity contribution in [3.05, 3.63) is 41.6 Å². The van der Waals surface area contributed by atoms with Crippen LogP contribution >= 0.6 is 0 Å². The standard InChI is InChI=1S/C18H24N4O3/c1-13-10-19-16(12-24-2)22(13)15-6-8-21(9-7-15)18(23)14-4-5-17(25-3)20-11-14/h4-5,10-11,15H,6-9,12H2,1-3H3. The number of ether oxygens (including phenoxy) is 2. The number of aromatic nitrogens is 3. The molecule has 0 spiro atoms. The number of pyridine rings is 1. The van der Waals surface area contributed by atoms with E-state index in [2.05, 4.69) is 21.5 Å². The van der Waals surface area contributed by atoms with Crippen LogP contribution in [-0.4, -0.2) is 52.7 Å². The molecule has 1 aliphatic heterocycles. The van der Waals surface area contributed by atoms with Crippen LogP contribution in [0, 0.1) is 6.92 Å². The number of aryl methyl sites for hydroxylation is 1. The lowest BCUT2D eigenvalue weighted by Crippen LogP contribution is -2.39. The Balaban J connectivity index is 1.65. The summed E-state index contributed by atoms with van der Waals surface area (Å²) in [6, 6.07) is 3.83. The van der Waals surface area contributed by atoms with E-state index in [4.69, 9.17) is 9.47 Å². The lowest BCUT2D eigenvalue weighted by molar-refractivity contribution is 0.0689. The molecule has 25 heavy (non-hydrogen) atoms. The Labute approximate surface area is 147 Å². The van der Waals surface area contributed by atoms with Gasteiger partial charge < -0.3 is 18.9 Å². The van der Waals surface area contributed by atoms with Gasteiger partial charge in [0.25, 0.3) is 5.91 Å². The van der Waals surface area contributed by atoms with Gasteiger partial charge in [0.05, 0.1) is 12.7 Å². The summed E-state index contributed by atoms with van der Waals surface area (Å²) in [6.45, 7) is 4.01. The maximum atomic E-state index is 12.6. The summed E-state index contributed by atoms with van der Waals surface area (Å²) in [7, 11) is 3.24. The van der Waals surface area contributed by atoms with E-state index in [9.17, 15) is 4.79 Å². The van der Waals surface area contributed by atoms with Gasteiger partial charge in [-0.15, -0.1) is 0 Å². The normalized spacial score (nSPS) is 15.4. The number of hydrogen-bond acceptors (Lipinski definition) is 5. The Morgan fingerprint density at radius 2 is 1.96 bits per heavy atom. The van der Waals surface area contributed by atoms with Crippen molar-refractivity contribution < 1.29 is 14.3 Å². The van der Waals surface area contributed by atoms with E-state index in [1.807, 2.05) is 11.1 Å². The highest BCUT2D eigenvalue weighted by molar-refractivity contribution is 5.94. The number of methoxy groups -OCH3 is 2. The second kappa shape index (κ2) is 7.65. The maximum Gasteiger partial charge on any atom is 0.255 e. The van der Waals surface area contributed by atoms with Crippen LogP contribution in [0.1, 0.15) is 40.8 Å². The average Bonchev–Trinajstić information content (AvgIpc) is 3.02. The lowest BCUT2D eigenvalue weighted by Gasteiger charge is -2.34. The molecule has 1 fully saturated rings. The van der Waals surface area contributed by atoms with Crippen molar-refractivity contribution in [3.8, 4) is 5.88 Å². The zero-order chi connectivity index (χ0) is 17.8. The summed E-state index contributed by atoms with van der Waals surface area (Å²) in [4.78, 5) is 23.1. The van der Waals surface area contributed by atoms with Gasteiger partial charge in [-0.05, 0) is 25.8 Å². The number of piperidine rings is 1.